The fourth-order valence-corrected chi connectivity index (χ4v) is 2.74. The number of carbonyl (C=O) groups excluding carboxylic acids is 3. The average Bonchev–Trinajstić information content (AvgIpc) is 2.61. The van der Waals surface area contributed by atoms with E-state index in [2.05, 4.69) is 10.6 Å². The van der Waals surface area contributed by atoms with E-state index in [4.69, 9.17) is 9.47 Å². The number of anilines is 1. The zero-order valence-electron chi connectivity index (χ0n) is 14.3. The molecule has 0 bridgehead atoms. The molecule has 1 aromatic rings. The monoisotopic (exact) mass is 347 g/mol. The molecule has 2 aliphatic rings. The summed E-state index contributed by atoms with van der Waals surface area (Å²) in [5, 5.41) is 5.19. The number of rotatable bonds is 3. The molecular formula is C17H21N3O5. The van der Waals surface area contributed by atoms with Gasteiger partial charge in [0, 0.05) is 13.1 Å². The third kappa shape index (κ3) is 3.43. The van der Waals surface area contributed by atoms with Crippen LogP contribution in [0.4, 0.5) is 5.69 Å². The standard InChI is InChI=1S/C17H21N3O5/c1-11-3-4-13-12(9-11)19-16(23)17(2,25-13)15(22)18-10-14(21)20-5-7-24-8-6-20/h3-4,9H,5-8,10H2,1-2H3,(H,18,22)(H,19,23). The zero-order chi connectivity index (χ0) is 18.0. The highest BCUT2D eigenvalue weighted by molar-refractivity contribution is 6.15. The third-order valence-electron chi connectivity index (χ3n) is 4.33. The number of aryl methyl sites for hydroxylation is 1. The highest BCUT2D eigenvalue weighted by atomic mass is 16.5. The number of nitrogens with one attached hydrogen (secondary N) is 2. The Kier molecular flexibility index (Phi) is 4.63. The SMILES string of the molecule is Cc1ccc2c(c1)NC(=O)C(C)(C(=O)NCC(=O)N1CCOCC1)O2. The Morgan fingerprint density at radius 2 is 2.04 bits per heavy atom. The topological polar surface area (TPSA) is 97.0 Å². The molecule has 2 heterocycles. The van der Waals surface area contributed by atoms with Crippen LogP contribution < -0.4 is 15.4 Å². The minimum atomic E-state index is -1.73. The highest BCUT2D eigenvalue weighted by Gasteiger charge is 2.47. The molecule has 2 N–H and O–H groups in total. The van der Waals surface area contributed by atoms with Crippen molar-refractivity contribution in [3.05, 3.63) is 23.8 Å². The van der Waals surface area contributed by atoms with Crippen molar-refractivity contribution in [1.82, 2.24) is 10.2 Å². The van der Waals surface area contributed by atoms with E-state index in [1.807, 2.05) is 13.0 Å². The van der Waals surface area contributed by atoms with Crippen LogP contribution in [0.2, 0.25) is 0 Å². The summed E-state index contributed by atoms with van der Waals surface area (Å²) >= 11 is 0. The van der Waals surface area contributed by atoms with Gasteiger partial charge in [0.1, 0.15) is 5.75 Å². The molecule has 0 aromatic heterocycles. The molecule has 1 saturated heterocycles. The van der Waals surface area contributed by atoms with Crippen molar-refractivity contribution in [2.75, 3.05) is 38.2 Å². The molecule has 134 valence electrons. The van der Waals surface area contributed by atoms with Crippen molar-refractivity contribution in [3.8, 4) is 5.75 Å². The van der Waals surface area contributed by atoms with E-state index in [-0.39, 0.29) is 12.5 Å². The summed E-state index contributed by atoms with van der Waals surface area (Å²) in [6.07, 6.45) is 0. The van der Waals surface area contributed by atoms with E-state index in [1.165, 1.54) is 6.92 Å². The molecule has 1 aromatic carbocycles. The van der Waals surface area contributed by atoms with Crippen molar-refractivity contribution < 1.29 is 23.9 Å². The van der Waals surface area contributed by atoms with Crippen molar-refractivity contribution in [2.24, 2.45) is 0 Å². The van der Waals surface area contributed by atoms with Gasteiger partial charge in [0.2, 0.25) is 5.91 Å². The van der Waals surface area contributed by atoms with Gasteiger partial charge in [-0.25, -0.2) is 0 Å². The Balaban J connectivity index is 1.65. The van der Waals surface area contributed by atoms with Gasteiger partial charge in [-0.1, -0.05) is 6.07 Å². The first-order chi connectivity index (χ1) is 11.9. The fraction of sp³-hybridized carbons (Fsp3) is 0.471. The van der Waals surface area contributed by atoms with E-state index in [0.717, 1.165) is 5.56 Å². The summed E-state index contributed by atoms with van der Waals surface area (Å²) in [5.41, 5.74) is -0.237. The van der Waals surface area contributed by atoms with E-state index < -0.39 is 17.4 Å². The van der Waals surface area contributed by atoms with E-state index >= 15 is 0 Å². The highest BCUT2D eigenvalue weighted by Crippen LogP contribution is 2.34. The molecule has 0 saturated carbocycles. The third-order valence-corrected chi connectivity index (χ3v) is 4.33. The quantitative estimate of drug-likeness (QED) is 0.754. The maximum absolute atomic E-state index is 12.5. The summed E-state index contributed by atoms with van der Waals surface area (Å²) < 4.78 is 10.8. The first-order valence-electron chi connectivity index (χ1n) is 8.15. The van der Waals surface area contributed by atoms with Crippen LogP contribution >= 0.6 is 0 Å². The van der Waals surface area contributed by atoms with Crippen molar-refractivity contribution in [1.29, 1.82) is 0 Å². The molecule has 3 amide bonds. The number of carbonyl (C=O) groups is 3. The largest absolute Gasteiger partial charge is 0.466 e. The molecule has 8 heteroatoms. The van der Waals surface area contributed by atoms with Crippen LogP contribution in [0.3, 0.4) is 0 Å². The van der Waals surface area contributed by atoms with Crippen LogP contribution in [-0.2, 0) is 19.1 Å². The smallest absolute Gasteiger partial charge is 0.278 e. The lowest BCUT2D eigenvalue weighted by molar-refractivity contribution is -0.148. The number of ether oxygens (including phenoxy) is 2. The van der Waals surface area contributed by atoms with Crippen LogP contribution in [0, 0.1) is 6.92 Å². The normalized spacial score (nSPS) is 22.5. The van der Waals surface area contributed by atoms with Crippen LogP contribution in [0.1, 0.15) is 12.5 Å². The molecule has 8 nitrogen and oxygen atoms in total. The van der Waals surface area contributed by atoms with Gasteiger partial charge in [0.05, 0.1) is 25.4 Å². The predicted molar refractivity (Wildman–Crippen MR) is 89.3 cm³/mol. The van der Waals surface area contributed by atoms with Crippen molar-refractivity contribution >= 4 is 23.4 Å². The Bertz CT molecular complexity index is 714. The van der Waals surface area contributed by atoms with Gasteiger partial charge in [-0.05, 0) is 31.5 Å². The molecule has 25 heavy (non-hydrogen) atoms. The van der Waals surface area contributed by atoms with Crippen LogP contribution in [0.15, 0.2) is 18.2 Å². The van der Waals surface area contributed by atoms with E-state index in [1.54, 1.807) is 17.0 Å². The summed E-state index contributed by atoms with van der Waals surface area (Å²) in [7, 11) is 0. The predicted octanol–water partition coefficient (Wildman–Crippen LogP) is 0.0596. The maximum atomic E-state index is 12.5. The minimum absolute atomic E-state index is 0.189. The number of morpholine rings is 1. The Labute approximate surface area is 145 Å². The number of hydrogen-bond acceptors (Lipinski definition) is 5. The molecule has 2 aliphatic heterocycles. The second kappa shape index (κ2) is 6.72. The Morgan fingerprint density at radius 3 is 2.76 bits per heavy atom. The summed E-state index contributed by atoms with van der Waals surface area (Å²) in [5.74, 6) is -1.02. The van der Waals surface area contributed by atoms with E-state index in [0.29, 0.717) is 37.7 Å². The molecule has 1 atom stereocenters. The summed E-state index contributed by atoms with van der Waals surface area (Å²) in [6.45, 7) is 5.05. The second-order valence-electron chi connectivity index (χ2n) is 6.26. The summed E-state index contributed by atoms with van der Waals surface area (Å²) in [6, 6.07) is 5.30. The first-order valence-corrected chi connectivity index (χ1v) is 8.15. The van der Waals surface area contributed by atoms with Gasteiger partial charge in [-0.15, -0.1) is 0 Å². The Morgan fingerprint density at radius 1 is 1.32 bits per heavy atom. The lowest BCUT2D eigenvalue weighted by Crippen LogP contribution is -2.60. The van der Waals surface area contributed by atoms with Crippen LogP contribution in [-0.4, -0.2) is 61.1 Å². The van der Waals surface area contributed by atoms with Crippen molar-refractivity contribution in [2.45, 2.75) is 19.4 Å². The van der Waals surface area contributed by atoms with Crippen molar-refractivity contribution in [3.63, 3.8) is 0 Å². The van der Waals surface area contributed by atoms with Gasteiger partial charge in [-0.3, -0.25) is 14.4 Å². The molecule has 0 spiro atoms. The molecule has 1 fully saturated rings. The first kappa shape index (κ1) is 17.2. The number of fused-ring (bicyclic) bond motifs is 1. The number of nitrogens with zero attached hydrogens (tertiary/aromatic N) is 1. The molecule has 0 radical (unpaired) electrons. The molecule has 1 unspecified atom stereocenters. The molecule has 3 rings (SSSR count). The van der Waals surface area contributed by atoms with Crippen LogP contribution in [0.25, 0.3) is 0 Å². The number of benzene rings is 1. The Hall–Kier alpha value is -2.61. The maximum Gasteiger partial charge on any atom is 0.278 e. The second-order valence-corrected chi connectivity index (χ2v) is 6.26. The van der Waals surface area contributed by atoms with Gasteiger partial charge in [-0.2, -0.15) is 0 Å². The van der Waals surface area contributed by atoms with Gasteiger partial charge in [0.25, 0.3) is 17.4 Å². The summed E-state index contributed by atoms with van der Waals surface area (Å²) in [4.78, 5) is 38.6. The fourth-order valence-electron chi connectivity index (χ4n) is 2.74. The van der Waals surface area contributed by atoms with Gasteiger partial charge < -0.3 is 25.0 Å². The lowest BCUT2D eigenvalue weighted by atomic mass is 10.0. The lowest BCUT2D eigenvalue weighted by Gasteiger charge is -2.33. The molecular weight excluding hydrogens is 326 g/mol. The van der Waals surface area contributed by atoms with Gasteiger partial charge >= 0.3 is 0 Å². The zero-order valence-corrected chi connectivity index (χ0v) is 14.3. The molecule has 0 aliphatic carbocycles. The average molecular weight is 347 g/mol. The van der Waals surface area contributed by atoms with E-state index in [9.17, 15) is 14.4 Å². The number of amides is 3. The minimum Gasteiger partial charge on any atom is -0.466 e. The number of hydrogen-bond donors (Lipinski definition) is 2. The van der Waals surface area contributed by atoms with Crippen LogP contribution in [0.5, 0.6) is 5.75 Å². The van der Waals surface area contributed by atoms with Gasteiger partial charge in [0.15, 0.2) is 0 Å².